The normalized spacial score (nSPS) is 10.4. The second-order valence-electron chi connectivity index (χ2n) is 7.31. The summed E-state index contributed by atoms with van der Waals surface area (Å²) in [5.41, 5.74) is 1.16. The summed E-state index contributed by atoms with van der Waals surface area (Å²) < 4.78 is 5.08. The summed E-state index contributed by atoms with van der Waals surface area (Å²) in [5, 5.41) is 7.11. The molecule has 0 aliphatic carbocycles. The molecule has 7 heteroatoms. The van der Waals surface area contributed by atoms with E-state index in [1.165, 1.54) is 4.90 Å². The molecule has 3 amide bonds. The van der Waals surface area contributed by atoms with Crippen molar-refractivity contribution < 1.29 is 19.1 Å². The zero-order chi connectivity index (χ0) is 22.9. The van der Waals surface area contributed by atoms with Gasteiger partial charge in [-0.15, -0.1) is 0 Å². The highest BCUT2D eigenvalue weighted by Crippen LogP contribution is 2.20. The molecule has 0 aliphatic rings. The first-order valence-corrected chi connectivity index (χ1v) is 10.5. The third kappa shape index (κ3) is 5.85. The molecular formula is C25H27N3O4. The second kappa shape index (κ2) is 10.9. The second-order valence-corrected chi connectivity index (χ2v) is 7.31. The van der Waals surface area contributed by atoms with Crippen LogP contribution in [0.25, 0.3) is 10.8 Å². The van der Waals surface area contributed by atoms with E-state index in [0.29, 0.717) is 30.0 Å². The highest BCUT2D eigenvalue weighted by molar-refractivity contribution is 6.08. The zero-order valence-corrected chi connectivity index (χ0v) is 18.3. The van der Waals surface area contributed by atoms with Crippen molar-refractivity contribution in [1.29, 1.82) is 0 Å². The first-order chi connectivity index (χ1) is 15.5. The molecule has 0 heterocycles. The van der Waals surface area contributed by atoms with Crippen molar-refractivity contribution in [2.45, 2.75) is 13.3 Å². The van der Waals surface area contributed by atoms with Gasteiger partial charge in [-0.2, -0.15) is 0 Å². The average molecular weight is 434 g/mol. The molecule has 3 aromatic carbocycles. The summed E-state index contributed by atoms with van der Waals surface area (Å²) in [4.78, 5) is 39.3. The number of carbonyl (C=O) groups excluding carboxylic acids is 3. The molecule has 0 saturated carbocycles. The van der Waals surface area contributed by atoms with Crippen LogP contribution in [0.2, 0.25) is 0 Å². The summed E-state index contributed by atoms with van der Waals surface area (Å²) in [6.07, 6.45) is 0.710. The molecular weight excluding hydrogens is 406 g/mol. The summed E-state index contributed by atoms with van der Waals surface area (Å²) in [5.74, 6) is -0.271. The van der Waals surface area contributed by atoms with Crippen LogP contribution in [0.15, 0.2) is 66.7 Å². The van der Waals surface area contributed by atoms with Gasteiger partial charge in [-0.05, 0) is 47.5 Å². The number of methoxy groups -OCH3 is 1. The van der Waals surface area contributed by atoms with Crippen molar-refractivity contribution in [2.75, 3.05) is 32.1 Å². The van der Waals surface area contributed by atoms with Gasteiger partial charge in [0, 0.05) is 17.8 Å². The van der Waals surface area contributed by atoms with E-state index < -0.39 is 5.91 Å². The van der Waals surface area contributed by atoms with Crippen LogP contribution in [-0.2, 0) is 9.59 Å². The highest BCUT2D eigenvalue weighted by Gasteiger charge is 2.20. The number of ether oxygens (including phenoxy) is 1. The standard InChI is InChI=1S/C25H27N3O4/c1-3-15-28(25(31)22-10-6-8-18-7-4-5-9-21(18)22)17-24(30)26-16-23(29)27-19-11-13-20(32-2)14-12-19/h4-14H,3,15-17H2,1-2H3,(H,26,30)(H,27,29). The van der Waals surface area contributed by atoms with Gasteiger partial charge in [0.2, 0.25) is 11.8 Å². The van der Waals surface area contributed by atoms with E-state index >= 15 is 0 Å². The molecule has 3 rings (SSSR count). The number of anilines is 1. The number of nitrogens with zero attached hydrogens (tertiary/aromatic N) is 1. The quantitative estimate of drug-likeness (QED) is 0.541. The monoisotopic (exact) mass is 433 g/mol. The van der Waals surface area contributed by atoms with Crippen molar-refractivity contribution >= 4 is 34.2 Å². The molecule has 7 nitrogen and oxygen atoms in total. The molecule has 0 aromatic heterocycles. The van der Waals surface area contributed by atoms with Gasteiger partial charge in [-0.25, -0.2) is 0 Å². The summed E-state index contributed by atoms with van der Waals surface area (Å²) >= 11 is 0. The molecule has 0 spiro atoms. The molecule has 2 N–H and O–H groups in total. The van der Waals surface area contributed by atoms with Crippen LogP contribution in [0.5, 0.6) is 5.75 Å². The van der Waals surface area contributed by atoms with Crippen LogP contribution in [0, 0.1) is 0 Å². The van der Waals surface area contributed by atoms with Gasteiger partial charge in [-0.1, -0.05) is 43.3 Å². The number of hydrogen-bond acceptors (Lipinski definition) is 4. The van der Waals surface area contributed by atoms with Crippen molar-refractivity contribution in [1.82, 2.24) is 10.2 Å². The summed E-state index contributed by atoms with van der Waals surface area (Å²) in [6.45, 7) is 2.08. The maximum Gasteiger partial charge on any atom is 0.254 e. The Bertz CT molecular complexity index is 1090. The number of amides is 3. The number of nitrogens with one attached hydrogen (secondary N) is 2. The minimum absolute atomic E-state index is 0.119. The first kappa shape index (κ1) is 22.8. The predicted octanol–water partition coefficient (Wildman–Crippen LogP) is 3.46. The Hall–Kier alpha value is -3.87. The zero-order valence-electron chi connectivity index (χ0n) is 18.3. The molecule has 0 saturated heterocycles. The smallest absolute Gasteiger partial charge is 0.254 e. The molecule has 0 radical (unpaired) electrons. The third-order valence-electron chi connectivity index (χ3n) is 4.96. The minimum Gasteiger partial charge on any atom is -0.497 e. The number of carbonyl (C=O) groups is 3. The van der Waals surface area contributed by atoms with Gasteiger partial charge >= 0.3 is 0 Å². The summed E-state index contributed by atoms with van der Waals surface area (Å²) in [7, 11) is 1.57. The van der Waals surface area contributed by atoms with Crippen molar-refractivity contribution in [3.63, 3.8) is 0 Å². The minimum atomic E-state index is -0.392. The van der Waals surface area contributed by atoms with Gasteiger partial charge in [0.15, 0.2) is 0 Å². The van der Waals surface area contributed by atoms with Crippen molar-refractivity contribution in [3.8, 4) is 5.75 Å². The van der Waals surface area contributed by atoms with E-state index in [1.54, 1.807) is 37.4 Å². The summed E-state index contributed by atoms with van der Waals surface area (Å²) in [6, 6.07) is 20.1. The van der Waals surface area contributed by atoms with Crippen LogP contribution >= 0.6 is 0 Å². The molecule has 0 unspecified atom stereocenters. The van der Waals surface area contributed by atoms with E-state index in [2.05, 4.69) is 10.6 Å². The largest absolute Gasteiger partial charge is 0.497 e. The lowest BCUT2D eigenvalue weighted by molar-refractivity contribution is -0.124. The van der Waals surface area contributed by atoms with Crippen LogP contribution in [-0.4, -0.2) is 49.4 Å². The lowest BCUT2D eigenvalue weighted by atomic mass is 10.0. The SMILES string of the molecule is CCCN(CC(=O)NCC(=O)Nc1ccc(OC)cc1)C(=O)c1cccc2ccccc12. The topological polar surface area (TPSA) is 87.7 Å². The lowest BCUT2D eigenvalue weighted by Crippen LogP contribution is -2.43. The molecule has 0 atom stereocenters. The number of benzene rings is 3. The molecule has 0 aliphatic heterocycles. The lowest BCUT2D eigenvalue weighted by Gasteiger charge is -2.22. The van der Waals surface area contributed by atoms with Crippen LogP contribution < -0.4 is 15.4 Å². The van der Waals surface area contributed by atoms with E-state index in [-0.39, 0.29) is 24.9 Å². The molecule has 0 fully saturated rings. The Morgan fingerprint density at radius 1 is 0.906 bits per heavy atom. The number of fused-ring (bicyclic) bond motifs is 1. The predicted molar refractivity (Wildman–Crippen MR) is 125 cm³/mol. The fraction of sp³-hybridized carbons (Fsp3) is 0.240. The van der Waals surface area contributed by atoms with E-state index in [1.807, 2.05) is 43.3 Å². The number of rotatable bonds is 9. The van der Waals surface area contributed by atoms with Crippen LogP contribution in [0.4, 0.5) is 5.69 Å². The van der Waals surface area contributed by atoms with Gasteiger partial charge in [0.1, 0.15) is 5.75 Å². The van der Waals surface area contributed by atoms with Crippen molar-refractivity contribution in [3.05, 3.63) is 72.3 Å². The Balaban J connectivity index is 1.59. The van der Waals surface area contributed by atoms with Crippen molar-refractivity contribution in [2.24, 2.45) is 0 Å². The van der Waals surface area contributed by atoms with Gasteiger partial charge in [0.05, 0.1) is 20.2 Å². The number of hydrogen-bond donors (Lipinski definition) is 2. The fourth-order valence-electron chi connectivity index (χ4n) is 3.39. The molecule has 0 bridgehead atoms. The van der Waals surface area contributed by atoms with Gasteiger partial charge in [0.25, 0.3) is 5.91 Å². The maximum atomic E-state index is 13.2. The van der Waals surface area contributed by atoms with E-state index in [4.69, 9.17) is 4.74 Å². The average Bonchev–Trinajstić information content (AvgIpc) is 2.82. The van der Waals surface area contributed by atoms with E-state index in [0.717, 1.165) is 10.8 Å². The van der Waals surface area contributed by atoms with Crippen LogP contribution in [0.1, 0.15) is 23.7 Å². The van der Waals surface area contributed by atoms with Gasteiger partial charge < -0.3 is 20.3 Å². The fourth-order valence-corrected chi connectivity index (χ4v) is 3.39. The third-order valence-corrected chi connectivity index (χ3v) is 4.96. The van der Waals surface area contributed by atoms with Crippen LogP contribution in [0.3, 0.4) is 0 Å². The maximum absolute atomic E-state index is 13.2. The first-order valence-electron chi connectivity index (χ1n) is 10.5. The Morgan fingerprint density at radius 2 is 1.62 bits per heavy atom. The van der Waals surface area contributed by atoms with Gasteiger partial charge in [-0.3, -0.25) is 14.4 Å². The highest BCUT2D eigenvalue weighted by atomic mass is 16.5. The Morgan fingerprint density at radius 3 is 2.34 bits per heavy atom. The molecule has 32 heavy (non-hydrogen) atoms. The Labute approximate surface area is 187 Å². The molecule has 166 valence electrons. The molecule has 3 aromatic rings. The Kier molecular flexibility index (Phi) is 7.80. The van der Waals surface area contributed by atoms with E-state index in [9.17, 15) is 14.4 Å².